The lowest BCUT2D eigenvalue weighted by atomic mass is 10.2. The van der Waals surface area contributed by atoms with Gasteiger partial charge in [-0.25, -0.2) is 4.79 Å². The van der Waals surface area contributed by atoms with Gasteiger partial charge in [-0.3, -0.25) is 9.88 Å². The molecule has 16 heavy (non-hydrogen) atoms. The topological polar surface area (TPSA) is 54.5 Å². The third-order valence-electron chi connectivity index (χ3n) is 2.59. The lowest BCUT2D eigenvalue weighted by Crippen LogP contribution is -2.39. The quantitative estimate of drug-likeness (QED) is 0.810. The fraction of sp³-hybridized carbons (Fsp3) is 0.455. The first-order valence-electron chi connectivity index (χ1n) is 5.28. The first kappa shape index (κ1) is 10.9. The summed E-state index contributed by atoms with van der Waals surface area (Å²) < 4.78 is 5.03. The van der Waals surface area contributed by atoms with Crippen LogP contribution in [0.15, 0.2) is 24.5 Å². The Balaban J connectivity index is 2.04. The van der Waals surface area contributed by atoms with Gasteiger partial charge in [-0.05, 0) is 18.7 Å². The Hall–Kier alpha value is -1.62. The van der Waals surface area contributed by atoms with Crippen LogP contribution in [0.2, 0.25) is 0 Å². The van der Waals surface area contributed by atoms with E-state index < -0.39 is 0 Å². The van der Waals surface area contributed by atoms with Gasteiger partial charge in [0.2, 0.25) is 0 Å². The molecule has 1 atom stereocenters. The molecule has 2 heterocycles. The van der Waals surface area contributed by atoms with E-state index in [4.69, 9.17) is 4.74 Å². The number of nitrogens with one attached hydrogen (secondary N) is 1. The van der Waals surface area contributed by atoms with Crippen molar-refractivity contribution in [2.75, 3.05) is 20.2 Å². The largest absolute Gasteiger partial charge is 0.447 e. The highest BCUT2D eigenvalue weighted by Crippen LogP contribution is 2.15. The van der Waals surface area contributed by atoms with Gasteiger partial charge in [-0.2, -0.15) is 0 Å². The molecule has 1 unspecified atom stereocenters. The Kier molecular flexibility index (Phi) is 3.36. The van der Waals surface area contributed by atoms with E-state index in [1.807, 2.05) is 19.2 Å². The van der Waals surface area contributed by atoms with E-state index in [1.165, 1.54) is 0 Å². The van der Waals surface area contributed by atoms with E-state index in [1.54, 1.807) is 17.3 Å². The predicted octanol–water partition coefficient (Wildman–Crippen LogP) is 0.622. The number of hydrogen-bond acceptors (Lipinski definition) is 4. The number of pyridine rings is 1. The van der Waals surface area contributed by atoms with Crippen LogP contribution in [0.3, 0.4) is 0 Å². The second kappa shape index (κ2) is 4.94. The Bertz CT molecular complexity index is 356. The smallest absolute Gasteiger partial charge is 0.410 e. The third kappa shape index (κ3) is 2.30. The summed E-state index contributed by atoms with van der Waals surface area (Å²) in [4.78, 5) is 17.3. The molecule has 0 aromatic carbocycles. The van der Waals surface area contributed by atoms with E-state index in [9.17, 15) is 4.79 Å². The molecular formula is C11H15N3O2. The summed E-state index contributed by atoms with van der Waals surface area (Å²) in [7, 11) is 1.87. The normalized spacial score (nSPS) is 19.9. The zero-order valence-corrected chi connectivity index (χ0v) is 9.22. The number of ether oxygens (including phenoxy) is 1. The fourth-order valence-corrected chi connectivity index (χ4v) is 1.78. The molecule has 2 rings (SSSR count). The van der Waals surface area contributed by atoms with Crippen molar-refractivity contribution in [3.05, 3.63) is 30.1 Å². The van der Waals surface area contributed by atoms with Gasteiger partial charge in [-0.1, -0.05) is 6.07 Å². The SMILES string of the molecule is CNCC1COC(=O)N1Cc1cccnc1. The summed E-state index contributed by atoms with van der Waals surface area (Å²) in [5, 5.41) is 3.06. The van der Waals surface area contributed by atoms with Gasteiger partial charge in [0, 0.05) is 18.9 Å². The molecule has 1 fully saturated rings. The Morgan fingerprint density at radius 2 is 2.56 bits per heavy atom. The van der Waals surface area contributed by atoms with Crippen LogP contribution < -0.4 is 5.32 Å². The van der Waals surface area contributed by atoms with Crippen molar-refractivity contribution >= 4 is 6.09 Å². The third-order valence-corrected chi connectivity index (χ3v) is 2.59. The first-order valence-corrected chi connectivity index (χ1v) is 5.28. The van der Waals surface area contributed by atoms with Crippen LogP contribution >= 0.6 is 0 Å². The highest BCUT2D eigenvalue weighted by Gasteiger charge is 2.32. The van der Waals surface area contributed by atoms with Crippen LogP contribution in [0.25, 0.3) is 0 Å². The standard InChI is InChI=1S/C11H15N3O2/c1-12-6-10-8-16-11(15)14(10)7-9-3-2-4-13-5-9/h2-5,10,12H,6-8H2,1H3. The number of carbonyl (C=O) groups is 1. The summed E-state index contributed by atoms with van der Waals surface area (Å²) in [6.07, 6.45) is 3.24. The van der Waals surface area contributed by atoms with E-state index in [-0.39, 0.29) is 12.1 Å². The molecule has 0 saturated carbocycles. The molecular weight excluding hydrogens is 206 g/mol. The number of cyclic esters (lactones) is 1. The molecule has 1 N–H and O–H groups in total. The van der Waals surface area contributed by atoms with Gasteiger partial charge < -0.3 is 10.1 Å². The molecule has 0 bridgehead atoms. The summed E-state index contributed by atoms with van der Waals surface area (Å²) in [6.45, 7) is 1.75. The maximum atomic E-state index is 11.5. The number of likely N-dealkylation sites (N-methyl/N-ethyl adjacent to an activating group) is 1. The molecule has 0 aliphatic carbocycles. The van der Waals surface area contributed by atoms with Gasteiger partial charge in [0.05, 0.1) is 12.6 Å². The predicted molar refractivity (Wildman–Crippen MR) is 58.8 cm³/mol. The molecule has 1 saturated heterocycles. The summed E-state index contributed by atoms with van der Waals surface area (Å²) >= 11 is 0. The molecule has 5 heteroatoms. The minimum Gasteiger partial charge on any atom is -0.447 e. The second-order valence-corrected chi connectivity index (χ2v) is 3.78. The van der Waals surface area contributed by atoms with Crippen LogP contribution in [0.5, 0.6) is 0 Å². The van der Waals surface area contributed by atoms with Crippen LogP contribution in [0.4, 0.5) is 4.79 Å². The van der Waals surface area contributed by atoms with E-state index >= 15 is 0 Å². The van der Waals surface area contributed by atoms with Crippen molar-refractivity contribution in [2.45, 2.75) is 12.6 Å². The maximum absolute atomic E-state index is 11.5. The molecule has 0 radical (unpaired) electrons. The molecule has 1 aromatic heterocycles. The van der Waals surface area contributed by atoms with Crippen LogP contribution in [0, 0.1) is 0 Å². The molecule has 0 spiro atoms. The van der Waals surface area contributed by atoms with Crippen LogP contribution in [-0.4, -0.2) is 42.2 Å². The molecule has 5 nitrogen and oxygen atoms in total. The van der Waals surface area contributed by atoms with E-state index in [0.29, 0.717) is 13.2 Å². The molecule has 1 aromatic rings. The zero-order chi connectivity index (χ0) is 11.4. The minimum absolute atomic E-state index is 0.109. The van der Waals surface area contributed by atoms with Gasteiger partial charge in [0.15, 0.2) is 0 Å². The van der Waals surface area contributed by atoms with Crippen molar-refractivity contribution in [2.24, 2.45) is 0 Å². The number of aromatic nitrogens is 1. The van der Waals surface area contributed by atoms with E-state index in [2.05, 4.69) is 10.3 Å². The number of amides is 1. The highest BCUT2D eigenvalue weighted by molar-refractivity contribution is 5.70. The Labute approximate surface area is 94.4 Å². The second-order valence-electron chi connectivity index (χ2n) is 3.78. The Morgan fingerprint density at radius 3 is 3.25 bits per heavy atom. The average molecular weight is 221 g/mol. The van der Waals surface area contributed by atoms with Crippen LogP contribution in [0.1, 0.15) is 5.56 Å². The number of hydrogen-bond donors (Lipinski definition) is 1. The van der Waals surface area contributed by atoms with Crippen molar-refractivity contribution in [1.29, 1.82) is 0 Å². The summed E-state index contributed by atoms with van der Waals surface area (Å²) in [5.74, 6) is 0. The number of nitrogens with zero attached hydrogens (tertiary/aromatic N) is 2. The lowest BCUT2D eigenvalue weighted by Gasteiger charge is -2.20. The molecule has 1 aliphatic rings. The Morgan fingerprint density at radius 1 is 1.69 bits per heavy atom. The van der Waals surface area contributed by atoms with Gasteiger partial charge >= 0.3 is 6.09 Å². The molecule has 86 valence electrons. The first-order chi connectivity index (χ1) is 7.81. The van der Waals surface area contributed by atoms with Gasteiger partial charge in [0.25, 0.3) is 0 Å². The molecule has 1 amide bonds. The highest BCUT2D eigenvalue weighted by atomic mass is 16.6. The van der Waals surface area contributed by atoms with Crippen molar-refractivity contribution in [3.8, 4) is 0 Å². The number of carbonyl (C=O) groups excluding carboxylic acids is 1. The average Bonchev–Trinajstić information content (AvgIpc) is 2.64. The zero-order valence-electron chi connectivity index (χ0n) is 9.22. The fourth-order valence-electron chi connectivity index (χ4n) is 1.78. The number of rotatable bonds is 4. The van der Waals surface area contributed by atoms with Crippen molar-refractivity contribution < 1.29 is 9.53 Å². The lowest BCUT2D eigenvalue weighted by molar-refractivity contribution is 0.156. The van der Waals surface area contributed by atoms with Crippen LogP contribution in [-0.2, 0) is 11.3 Å². The van der Waals surface area contributed by atoms with E-state index in [0.717, 1.165) is 12.1 Å². The van der Waals surface area contributed by atoms with Crippen molar-refractivity contribution in [3.63, 3.8) is 0 Å². The maximum Gasteiger partial charge on any atom is 0.410 e. The minimum atomic E-state index is -0.246. The summed E-state index contributed by atoms with van der Waals surface area (Å²) in [5.41, 5.74) is 1.02. The van der Waals surface area contributed by atoms with Gasteiger partial charge in [-0.15, -0.1) is 0 Å². The molecule has 1 aliphatic heterocycles. The monoisotopic (exact) mass is 221 g/mol. The summed E-state index contributed by atoms with van der Waals surface area (Å²) in [6, 6.07) is 3.93. The van der Waals surface area contributed by atoms with Crippen molar-refractivity contribution in [1.82, 2.24) is 15.2 Å². The van der Waals surface area contributed by atoms with Gasteiger partial charge in [0.1, 0.15) is 6.61 Å².